The first-order valence-electron chi connectivity index (χ1n) is 22.0. The number of allylic oxidation sites excluding steroid dienone is 2. The minimum absolute atomic E-state index is 0.278. The summed E-state index contributed by atoms with van der Waals surface area (Å²) in [5.41, 5.74) is 2.63. The van der Waals surface area contributed by atoms with Crippen molar-refractivity contribution in [3.8, 4) is 0 Å². The molecule has 50 heavy (non-hydrogen) atoms. The molecular weight excluding hydrogens is 618 g/mol. The quantitative estimate of drug-likeness (QED) is 0.0520. The van der Waals surface area contributed by atoms with E-state index < -0.39 is 0 Å². The lowest BCUT2D eigenvalue weighted by molar-refractivity contribution is -0.139. The third-order valence-electron chi connectivity index (χ3n) is 10.6. The van der Waals surface area contributed by atoms with Gasteiger partial charge in [0.1, 0.15) is 0 Å². The van der Waals surface area contributed by atoms with Crippen molar-refractivity contribution in [2.45, 2.75) is 240 Å². The third-order valence-corrected chi connectivity index (χ3v) is 10.6. The van der Waals surface area contributed by atoms with E-state index in [0.29, 0.717) is 24.4 Å². The second-order valence-corrected chi connectivity index (χ2v) is 15.4. The first-order chi connectivity index (χ1) is 24.5. The van der Waals surface area contributed by atoms with Crippen LogP contribution in [0.4, 0.5) is 0 Å². The van der Waals surface area contributed by atoms with E-state index in [-0.39, 0.29) is 18.4 Å². The predicted molar refractivity (Wildman–Crippen MR) is 214 cm³/mol. The Morgan fingerprint density at radius 3 is 0.860 bits per heavy atom. The summed E-state index contributed by atoms with van der Waals surface area (Å²) >= 11 is 0. The summed E-state index contributed by atoms with van der Waals surface area (Å²) in [5, 5.41) is 3.22. The fourth-order valence-corrected chi connectivity index (χ4v) is 7.13. The molecule has 0 fully saturated rings. The van der Waals surface area contributed by atoms with Crippen LogP contribution in [0.25, 0.3) is 0 Å². The van der Waals surface area contributed by atoms with E-state index in [2.05, 4.69) is 19.2 Å². The maximum Gasteiger partial charge on any atom is 0.336 e. The molecule has 5 heteroatoms. The molecule has 292 valence electrons. The van der Waals surface area contributed by atoms with Crippen molar-refractivity contribution in [2.75, 3.05) is 13.2 Å². The smallest absolute Gasteiger partial charge is 0.336 e. The van der Waals surface area contributed by atoms with Gasteiger partial charge in [0.05, 0.1) is 24.4 Å². The monoisotopic (exact) mass is 702 g/mol. The number of ether oxygens (including phenoxy) is 2. The summed E-state index contributed by atoms with van der Waals surface area (Å²) in [4.78, 5) is 25.7. The van der Waals surface area contributed by atoms with E-state index in [0.717, 1.165) is 37.1 Å². The fourth-order valence-electron chi connectivity index (χ4n) is 7.13. The van der Waals surface area contributed by atoms with Crippen molar-refractivity contribution in [3.05, 3.63) is 22.5 Å². The summed E-state index contributed by atoms with van der Waals surface area (Å²) < 4.78 is 11.2. The molecular formula is C45H83NO4. The average molecular weight is 702 g/mol. The van der Waals surface area contributed by atoms with Gasteiger partial charge in [0.2, 0.25) is 0 Å². The number of carbonyl (C=O) groups excluding carboxylic acids is 2. The zero-order valence-electron chi connectivity index (χ0n) is 33.9. The predicted octanol–water partition coefficient (Wildman–Crippen LogP) is 14.1. The average Bonchev–Trinajstić information content (AvgIpc) is 3.10. The number of nitrogens with one attached hydrogen (secondary N) is 1. The lowest BCUT2D eigenvalue weighted by Crippen LogP contribution is -2.27. The standard InChI is InChI=1S/C45H83NO4/c1-5-7-9-11-13-15-17-19-21-23-25-27-29-31-33-35-37-49-44(47)42-39-43(41(4)46-40(42)3)45(48)50-38-36-34-32-30-28-26-24-22-20-18-16-14-12-10-8-6-2/h46H,5-39H2,1-4H3. The lowest BCUT2D eigenvalue weighted by Gasteiger charge is -2.22. The third kappa shape index (κ3) is 26.1. The molecule has 0 radical (unpaired) electrons. The van der Waals surface area contributed by atoms with Crippen molar-refractivity contribution >= 4 is 11.9 Å². The molecule has 1 N–H and O–H groups in total. The Morgan fingerprint density at radius 2 is 0.620 bits per heavy atom. The molecule has 0 aromatic heterocycles. The maximum atomic E-state index is 12.9. The summed E-state index contributed by atoms with van der Waals surface area (Å²) in [7, 11) is 0. The number of dihydropyridines is 1. The van der Waals surface area contributed by atoms with Gasteiger partial charge in [0, 0.05) is 17.8 Å². The van der Waals surface area contributed by atoms with Gasteiger partial charge in [0.25, 0.3) is 0 Å². The largest absolute Gasteiger partial charge is 0.462 e. The zero-order chi connectivity index (χ0) is 36.3. The van der Waals surface area contributed by atoms with Crippen molar-refractivity contribution in [1.82, 2.24) is 5.32 Å². The zero-order valence-corrected chi connectivity index (χ0v) is 33.9. The van der Waals surface area contributed by atoms with Crippen molar-refractivity contribution in [1.29, 1.82) is 0 Å². The van der Waals surface area contributed by atoms with Gasteiger partial charge in [0.15, 0.2) is 0 Å². The molecule has 0 amide bonds. The number of esters is 2. The van der Waals surface area contributed by atoms with Crippen molar-refractivity contribution in [3.63, 3.8) is 0 Å². The van der Waals surface area contributed by atoms with Crippen molar-refractivity contribution in [2.24, 2.45) is 0 Å². The Balaban J connectivity index is 2.02. The highest BCUT2D eigenvalue weighted by atomic mass is 16.5. The molecule has 0 atom stereocenters. The second kappa shape index (κ2) is 34.3. The van der Waals surface area contributed by atoms with Crippen molar-refractivity contribution < 1.29 is 19.1 Å². The summed E-state index contributed by atoms with van der Waals surface area (Å²) in [6, 6.07) is 0. The minimum atomic E-state index is -0.313. The first-order valence-corrected chi connectivity index (χ1v) is 22.0. The van der Waals surface area contributed by atoms with Gasteiger partial charge in [-0.25, -0.2) is 9.59 Å². The number of rotatable bonds is 36. The minimum Gasteiger partial charge on any atom is -0.462 e. The fraction of sp³-hybridized carbons (Fsp3) is 0.867. The van der Waals surface area contributed by atoms with E-state index in [4.69, 9.17) is 9.47 Å². The second-order valence-electron chi connectivity index (χ2n) is 15.4. The molecule has 5 nitrogen and oxygen atoms in total. The van der Waals surface area contributed by atoms with Crippen LogP contribution in [-0.4, -0.2) is 25.2 Å². The Bertz CT molecular complexity index is 822. The van der Waals surface area contributed by atoms with Crippen LogP contribution in [0.2, 0.25) is 0 Å². The summed E-state index contributed by atoms with van der Waals surface area (Å²) in [5.74, 6) is -0.627. The van der Waals surface area contributed by atoms with Gasteiger partial charge < -0.3 is 14.8 Å². The SMILES string of the molecule is CCCCCCCCCCCCCCCCCCOC(=O)C1=C(C)NC(C)=C(C(=O)OCCCCCCCCCCCCCCCCCC)C1. The van der Waals surface area contributed by atoms with Crippen LogP contribution in [-0.2, 0) is 19.1 Å². The van der Waals surface area contributed by atoms with Gasteiger partial charge >= 0.3 is 11.9 Å². The highest BCUT2D eigenvalue weighted by Crippen LogP contribution is 2.25. The highest BCUT2D eigenvalue weighted by Gasteiger charge is 2.26. The van der Waals surface area contributed by atoms with Crippen LogP contribution in [0.3, 0.4) is 0 Å². The molecule has 0 aromatic rings. The topological polar surface area (TPSA) is 64.6 Å². The number of hydrogen-bond acceptors (Lipinski definition) is 5. The van der Waals surface area contributed by atoms with E-state index in [1.165, 1.54) is 180 Å². The van der Waals surface area contributed by atoms with Gasteiger partial charge in [-0.05, 0) is 26.7 Å². The van der Waals surface area contributed by atoms with Gasteiger partial charge in [-0.1, -0.05) is 206 Å². The van der Waals surface area contributed by atoms with Crippen LogP contribution in [0.5, 0.6) is 0 Å². The van der Waals surface area contributed by atoms with Crippen LogP contribution < -0.4 is 5.32 Å². The van der Waals surface area contributed by atoms with E-state index in [9.17, 15) is 9.59 Å². The maximum absolute atomic E-state index is 12.9. The Labute approximate surface area is 311 Å². The van der Waals surface area contributed by atoms with Gasteiger partial charge in [-0.3, -0.25) is 0 Å². The molecule has 0 saturated carbocycles. The number of carbonyl (C=O) groups is 2. The summed E-state index contributed by atoms with van der Waals surface area (Å²) in [6.07, 6.45) is 42.6. The Hall–Kier alpha value is -1.78. The molecule has 0 saturated heterocycles. The molecule has 0 aromatic carbocycles. The highest BCUT2D eigenvalue weighted by molar-refractivity contribution is 5.96. The van der Waals surface area contributed by atoms with E-state index in [1.807, 2.05) is 13.8 Å². The number of hydrogen-bond donors (Lipinski definition) is 1. The molecule has 0 bridgehead atoms. The van der Waals surface area contributed by atoms with Crippen LogP contribution >= 0.6 is 0 Å². The van der Waals surface area contributed by atoms with Gasteiger partial charge in [-0.15, -0.1) is 0 Å². The van der Waals surface area contributed by atoms with Crippen LogP contribution in [0.15, 0.2) is 22.5 Å². The van der Waals surface area contributed by atoms with E-state index in [1.54, 1.807) is 0 Å². The molecule has 1 aliphatic heterocycles. The Morgan fingerprint density at radius 1 is 0.400 bits per heavy atom. The Kier molecular flexibility index (Phi) is 31.7. The molecule has 1 rings (SSSR count). The molecule has 1 heterocycles. The molecule has 0 spiro atoms. The molecule has 1 aliphatic rings. The summed E-state index contributed by atoms with van der Waals surface area (Å²) in [6.45, 7) is 9.21. The van der Waals surface area contributed by atoms with Crippen LogP contribution in [0.1, 0.15) is 240 Å². The lowest BCUT2D eigenvalue weighted by atomic mass is 9.98. The molecule has 0 aliphatic carbocycles. The van der Waals surface area contributed by atoms with Crippen LogP contribution in [0, 0.1) is 0 Å². The van der Waals surface area contributed by atoms with Gasteiger partial charge in [-0.2, -0.15) is 0 Å². The number of unbranched alkanes of at least 4 members (excludes halogenated alkanes) is 30. The first kappa shape index (κ1) is 46.2. The molecule has 0 unspecified atom stereocenters. The van der Waals surface area contributed by atoms with E-state index >= 15 is 0 Å². The normalized spacial score (nSPS) is 13.2.